The summed E-state index contributed by atoms with van der Waals surface area (Å²) in [5.41, 5.74) is 7.64. The van der Waals surface area contributed by atoms with Crippen LogP contribution in [0.2, 0.25) is 5.02 Å². The van der Waals surface area contributed by atoms with Crippen molar-refractivity contribution in [2.24, 2.45) is 10.7 Å². The second-order valence-electron chi connectivity index (χ2n) is 5.57. The molecule has 0 fully saturated rings. The molecule has 0 aliphatic carbocycles. The zero-order valence-electron chi connectivity index (χ0n) is 14.6. The SMILES string of the molecule is CC(=O)Nc1ccc(Cl)c(Nc2ncc(C)c(N=C(N)/C=C(/C)[OH2+])n2)c1. The van der Waals surface area contributed by atoms with Crippen LogP contribution in [0.5, 0.6) is 0 Å². The predicted octanol–water partition coefficient (Wildman–Crippen LogP) is 2.76. The van der Waals surface area contributed by atoms with E-state index in [0.29, 0.717) is 22.2 Å². The number of carbonyl (C=O) groups excluding carboxylic acids is 1. The molecule has 2 rings (SSSR count). The number of nitrogens with zero attached hydrogens (tertiary/aromatic N) is 3. The van der Waals surface area contributed by atoms with Crippen molar-refractivity contribution in [1.29, 1.82) is 0 Å². The number of anilines is 3. The lowest BCUT2D eigenvalue weighted by Crippen LogP contribution is -2.09. The van der Waals surface area contributed by atoms with Crippen LogP contribution in [0, 0.1) is 6.92 Å². The molecule has 26 heavy (non-hydrogen) atoms. The van der Waals surface area contributed by atoms with Gasteiger partial charge in [-0.25, -0.2) is 9.98 Å². The molecule has 0 aliphatic heterocycles. The standard InChI is InChI=1S/C17H19ClN6O2/c1-9-8-20-17(24-16(9)23-15(19)6-10(2)25)22-14-7-12(21-11(3)26)4-5-13(14)18/h4-8,25H,1-3H3,(H,21,26)(H3,19,20,22,23,24)/p+1/b10-6-. The van der Waals surface area contributed by atoms with Gasteiger partial charge in [-0.1, -0.05) is 11.6 Å². The van der Waals surface area contributed by atoms with Gasteiger partial charge in [0.25, 0.3) is 0 Å². The number of amides is 1. The zero-order chi connectivity index (χ0) is 19.3. The van der Waals surface area contributed by atoms with Crippen LogP contribution in [0.3, 0.4) is 0 Å². The maximum absolute atomic E-state index is 11.2. The van der Waals surface area contributed by atoms with Gasteiger partial charge in [-0.05, 0) is 25.1 Å². The van der Waals surface area contributed by atoms with Gasteiger partial charge in [-0.2, -0.15) is 4.98 Å². The number of aryl methyl sites for hydroxylation is 1. The van der Waals surface area contributed by atoms with Crippen LogP contribution in [0.25, 0.3) is 0 Å². The van der Waals surface area contributed by atoms with Crippen molar-refractivity contribution < 1.29 is 9.90 Å². The number of amidine groups is 1. The van der Waals surface area contributed by atoms with E-state index in [9.17, 15) is 4.79 Å². The molecule has 1 aromatic heterocycles. The zero-order valence-corrected chi connectivity index (χ0v) is 15.3. The highest BCUT2D eigenvalue weighted by molar-refractivity contribution is 6.33. The molecule has 0 atom stereocenters. The molecule has 6 N–H and O–H groups in total. The van der Waals surface area contributed by atoms with Gasteiger partial charge >= 0.3 is 0 Å². The molecule has 8 nitrogen and oxygen atoms in total. The number of benzene rings is 1. The number of allylic oxidation sites excluding steroid dienone is 1. The van der Waals surface area contributed by atoms with E-state index in [1.165, 1.54) is 13.0 Å². The van der Waals surface area contributed by atoms with Crippen molar-refractivity contribution in [2.75, 3.05) is 10.6 Å². The van der Waals surface area contributed by atoms with Crippen LogP contribution in [-0.4, -0.2) is 26.8 Å². The summed E-state index contributed by atoms with van der Waals surface area (Å²) < 4.78 is 0. The van der Waals surface area contributed by atoms with E-state index in [0.717, 1.165) is 5.56 Å². The molecule has 1 heterocycles. The summed E-state index contributed by atoms with van der Waals surface area (Å²) in [6.45, 7) is 4.83. The predicted molar refractivity (Wildman–Crippen MR) is 104 cm³/mol. The van der Waals surface area contributed by atoms with Crippen molar-refractivity contribution in [3.63, 3.8) is 0 Å². The van der Waals surface area contributed by atoms with Crippen molar-refractivity contribution in [1.82, 2.24) is 9.97 Å². The maximum atomic E-state index is 11.2. The van der Waals surface area contributed by atoms with Gasteiger partial charge in [0.05, 0.1) is 16.8 Å². The van der Waals surface area contributed by atoms with Gasteiger partial charge in [0.2, 0.25) is 17.6 Å². The van der Waals surface area contributed by atoms with Gasteiger partial charge in [0.1, 0.15) is 5.84 Å². The molecular formula is C17H20ClN6O2+. The van der Waals surface area contributed by atoms with Crippen molar-refractivity contribution in [3.05, 3.63) is 46.8 Å². The van der Waals surface area contributed by atoms with E-state index >= 15 is 0 Å². The summed E-state index contributed by atoms with van der Waals surface area (Å²) in [5.74, 6) is 0.936. The Morgan fingerprint density at radius 1 is 1.38 bits per heavy atom. The largest absolute Gasteiger partial charge is 0.597 e. The Balaban J connectivity index is 2.32. The maximum Gasteiger partial charge on any atom is 0.229 e. The highest BCUT2D eigenvalue weighted by atomic mass is 35.5. The van der Waals surface area contributed by atoms with Crippen molar-refractivity contribution >= 4 is 46.5 Å². The van der Waals surface area contributed by atoms with Gasteiger partial charge in [0.15, 0.2) is 5.82 Å². The van der Waals surface area contributed by atoms with E-state index in [1.807, 2.05) is 0 Å². The molecule has 0 bridgehead atoms. The number of hydrogen-bond acceptors (Lipinski definition) is 5. The fourth-order valence-electron chi connectivity index (χ4n) is 2.01. The van der Waals surface area contributed by atoms with Crippen molar-refractivity contribution in [3.8, 4) is 0 Å². The van der Waals surface area contributed by atoms with Gasteiger partial charge in [-0.3, -0.25) is 4.79 Å². The van der Waals surface area contributed by atoms with E-state index in [1.54, 1.807) is 38.2 Å². The van der Waals surface area contributed by atoms with Crippen LogP contribution in [-0.2, 0) is 4.79 Å². The summed E-state index contributed by atoms with van der Waals surface area (Å²) in [4.78, 5) is 23.9. The first-order valence-corrected chi connectivity index (χ1v) is 8.04. The Labute approximate surface area is 155 Å². The van der Waals surface area contributed by atoms with Gasteiger partial charge in [0, 0.05) is 31.3 Å². The molecule has 136 valence electrons. The summed E-state index contributed by atoms with van der Waals surface area (Å²) in [7, 11) is 0. The Morgan fingerprint density at radius 3 is 2.77 bits per heavy atom. The lowest BCUT2D eigenvalue weighted by molar-refractivity contribution is -0.114. The minimum atomic E-state index is -0.185. The van der Waals surface area contributed by atoms with E-state index in [2.05, 4.69) is 25.6 Å². The summed E-state index contributed by atoms with van der Waals surface area (Å²) >= 11 is 6.19. The molecular weight excluding hydrogens is 356 g/mol. The fourth-order valence-corrected chi connectivity index (χ4v) is 2.17. The monoisotopic (exact) mass is 375 g/mol. The van der Waals surface area contributed by atoms with Gasteiger partial charge in [-0.15, -0.1) is 0 Å². The number of nitrogens with two attached hydrogens (primary N) is 1. The number of aliphatic imine (C=N–C) groups is 1. The fraction of sp³-hybridized carbons (Fsp3) is 0.176. The average Bonchev–Trinajstić information content (AvgIpc) is 2.52. The molecule has 0 unspecified atom stereocenters. The van der Waals surface area contributed by atoms with Crippen LogP contribution in [0.4, 0.5) is 23.1 Å². The second-order valence-corrected chi connectivity index (χ2v) is 5.97. The lowest BCUT2D eigenvalue weighted by Gasteiger charge is -2.10. The molecule has 1 aromatic carbocycles. The van der Waals surface area contributed by atoms with Crippen molar-refractivity contribution in [2.45, 2.75) is 20.8 Å². The minimum Gasteiger partial charge on any atom is -0.597 e. The van der Waals surface area contributed by atoms with E-state index in [-0.39, 0.29) is 23.5 Å². The summed E-state index contributed by atoms with van der Waals surface area (Å²) in [5, 5.41) is 13.5. The highest BCUT2D eigenvalue weighted by Crippen LogP contribution is 2.28. The number of carbonyl (C=O) groups is 1. The Hall–Kier alpha value is -3.13. The number of hydrogen-bond donors (Lipinski definition) is 3. The topological polar surface area (TPSA) is 128 Å². The van der Waals surface area contributed by atoms with E-state index in [4.69, 9.17) is 22.4 Å². The molecule has 0 saturated heterocycles. The Morgan fingerprint density at radius 2 is 2.12 bits per heavy atom. The molecule has 0 radical (unpaired) electrons. The average molecular weight is 376 g/mol. The number of nitrogens with one attached hydrogen (secondary N) is 2. The molecule has 1 amide bonds. The van der Waals surface area contributed by atoms with Crippen LogP contribution in [0.1, 0.15) is 19.4 Å². The third-order valence-electron chi connectivity index (χ3n) is 3.08. The van der Waals surface area contributed by atoms with Crippen LogP contribution in [0.15, 0.2) is 41.2 Å². The summed E-state index contributed by atoms with van der Waals surface area (Å²) in [6.07, 6.45) is 3.03. The smallest absolute Gasteiger partial charge is 0.229 e. The first-order valence-electron chi connectivity index (χ1n) is 7.66. The third kappa shape index (κ3) is 5.45. The molecule has 2 aromatic rings. The molecule has 0 saturated carbocycles. The Bertz CT molecular complexity index is 891. The normalized spacial score (nSPS) is 12.0. The quantitative estimate of drug-likeness (QED) is 0.320. The van der Waals surface area contributed by atoms with E-state index < -0.39 is 0 Å². The first-order chi connectivity index (χ1) is 12.2. The first kappa shape index (κ1) is 19.2. The minimum absolute atomic E-state index is 0.177. The third-order valence-corrected chi connectivity index (χ3v) is 3.41. The number of halogens is 1. The lowest BCUT2D eigenvalue weighted by atomic mass is 10.2. The molecule has 0 spiro atoms. The van der Waals surface area contributed by atoms with Crippen LogP contribution < -0.4 is 16.4 Å². The second kappa shape index (κ2) is 8.30. The highest BCUT2D eigenvalue weighted by Gasteiger charge is 2.08. The van der Waals surface area contributed by atoms with Crippen LogP contribution >= 0.6 is 11.6 Å². The van der Waals surface area contributed by atoms with Gasteiger partial charge < -0.3 is 21.5 Å². The molecule has 9 heteroatoms. The Kier molecular flexibility index (Phi) is 6.13. The summed E-state index contributed by atoms with van der Waals surface area (Å²) in [6, 6.07) is 5.02. The number of rotatable bonds is 5. The molecule has 0 aliphatic rings. The number of aromatic nitrogens is 2.